The van der Waals surface area contributed by atoms with Crippen molar-refractivity contribution in [1.82, 2.24) is 0 Å². The molecule has 0 amide bonds. The van der Waals surface area contributed by atoms with Crippen LogP contribution in [-0.4, -0.2) is 12.4 Å². The smallest absolute Gasteiger partial charge is 0.163 e. The Morgan fingerprint density at radius 2 is 2.07 bits per heavy atom. The molecule has 0 bridgehead atoms. The first kappa shape index (κ1) is 11.6. The molecule has 3 nitrogen and oxygen atoms in total. The first-order valence-electron chi connectivity index (χ1n) is 5.16. The second-order valence-corrected chi connectivity index (χ2v) is 3.35. The predicted octanol–water partition coefficient (Wildman–Crippen LogP) is 2.43. The van der Waals surface area contributed by atoms with Gasteiger partial charge in [-0.15, -0.1) is 0 Å². The lowest BCUT2D eigenvalue weighted by molar-refractivity contribution is 0.101. The third kappa shape index (κ3) is 2.29. The summed E-state index contributed by atoms with van der Waals surface area (Å²) in [6.45, 7) is 5.96. The monoisotopic (exact) mass is 207 g/mol. The van der Waals surface area contributed by atoms with E-state index in [2.05, 4.69) is 0 Å². The van der Waals surface area contributed by atoms with Crippen LogP contribution >= 0.6 is 0 Å². The summed E-state index contributed by atoms with van der Waals surface area (Å²) in [5.74, 6) is 0.638. The van der Waals surface area contributed by atoms with Crippen LogP contribution < -0.4 is 10.5 Å². The second kappa shape index (κ2) is 4.82. The van der Waals surface area contributed by atoms with Gasteiger partial charge in [0.1, 0.15) is 5.75 Å². The SMILES string of the molecule is CCOc1ccc(N)c(CC)c1C(C)=O. The summed E-state index contributed by atoms with van der Waals surface area (Å²) in [7, 11) is 0. The van der Waals surface area contributed by atoms with Gasteiger partial charge in [-0.1, -0.05) is 6.92 Å². The van der Waals surface area contributed by atoms with Gasteiger partial charge in [0.25, 0.3) is 0 Å². The van der Waals surface area contributed by atoms with Gasteiger partial charge in [0.05, 0.1) is 12.2 Å². The van der Waals surface area contributed by atoms with Gasteiger partial charge in [-0.3, -0.25) is 4.79 Å². The number of rotatable bonds is 4. The maximum atomic E-state index is 11.5. The van der Waals surface area contributed by atoms with Crippen molar-refractivity contribution in [2.24, 2.45) is 0 Å². The van der Waals surface area contributed by atoms with Gasteiger partial charge in [-0.2, -0.15) is 0 Å². The van der Waals surface area contributed by atoms with Crippen LogP contribution in [0.1, 0.15) is 36.7 Å². The third-order valence-electron chi connectivity index (χ3n) is 2.32. The lowest BCUT2D eigenvalue weighted by atomic mass is 9.99. The average Bonchev–Trinajstić information content (AvgIpc) is 2.20. The van der Waals surface area contributed by atoms with E-state index in [1.165, 1.54) is 6.92 Å². The summed E-state index contributed by atoms with van der Waals surface area (Å²) in [5, 5.41) is 0. The van der Waals surface area contributed by atoms with Crippen molar-refractivity contribution in [2.45, 2.75) is 27.2 Å². The Kier molecular flexibility index (Phi) is 3.72. The van der Waals surface area contributed by atoms with E-state index < -0.39 is 0 Å². The maximum absolute atomic E-state index is 11.5. The van der Waals surface area contributed by atoms with Crippen LogP contribution in [0.25, 0.3) is 0 Å². The van der Waals surface area contributed by atoms with Crippen LogP contribution in [0.4, 0.5) is 5.69 Å². The van der Waals surface area contributed by atoms with Crippen molar-refractivity contribution in [3.63, 3.8) is 0 Å². The molecule has 0 aliphatic rings. The zero-order chi connectivity index (χ0) is 11.4. The van der Waals surface area contributed by atoms with Crippen molar-refractivity contribution in [2.75, 3.05) is 12.3 Å². The first-order valence-corrected chi connectivity index (χ1v) is 5.16. The fourth-order valence-corrected chi connectivity index (χ4v) is 1.69. The highest BCUT2D eigenvalue weighted by Gasteiger charge is 2.15. The molecule has 0 unspecified atom stereocenters. The Labute approximate surface area is 90.2 Å². The van der Waals surface area contributed by atoms with E-state index in [0.717, 1.165) is 12.0 Å². The number of Topliss-reactive ketones (excluding diaryl/α,β-unsaturated/α-hetero) is 1. The Bertz CT molecular complexity index is 372. The van der Waals surface area contributed by atoms with Crippen LogP contribution in [0.3, 0.4) is 0 Å². The van der Waals surface area contributed by atoms with Crippen molar-refractivity contribution in [3.05, 3.63) is 23.3 Å². The van der Waals surface area contributed by atoms with Gasteiger partial charge >= 0.3 is 0 Å². The van der Waals surface area contributed by atoms with E-state index in [9.17, 15) is 4.79 Å². The minimum absolute atomic E-state index is 0.00241. The lowest BCUT2D eigenvalue weighted by Crippen LogP contribution is -2.07. The molecule has 0 aliphatic heterocycles. The Balaban J connectivity index is 3.35. The average molecular weight is 207 g/mol. The Morgan fingerprint density at radius 1 is 1.40 bits per heavy atom. The van der Waals surface area contributed by atoms with Crippen LogP contribution in [0.2, 0.25) is 0 Å². The topological polar surface area (TPSA) is 52.3 Å². The molecule has 0 fully saturated rings. The zero-order valence-electron chi connectivity index (χ0n) is 9.46. The molecule has 1 rings (SSSR count). The predicted molar refractivity (Wildman–Crippen MR) is 61.4 cm³/mol. The molecule has 0 atom stereocenters. The van der Waals surface area contributed by atoms with Crippen LogP contribution in [0, 0.1) is 0 Å². The third-order valence-corrected chi connectivity index (χ3v) is 2.32. The number of ketones is 1. The summed E-state index contributed by atoms with van der Waals surface area (Å²) in [4.78, 5) is 11.5. The summed E-state index contributed by atoms with van der Waals surface area (Å²) in [6.07, 6.45) is 0.738. The minimum Gasteiger partial charge on any atom is -0.493 e. The molecule has 1 aromatic carbocycles. The van der Waals surface area contributed by atoms with Gasteiger partial charge in [0.2, 0.25) is 0 Å². The number of anilines is 1. The van der Waals surface area contributed by atoms with Crippen molar-refractivity contribution in [3.8, 4) is 5.75 Å². The van der Waals surface area contributed by atoms with E-state index >= 15 is 0 Å². The van der Waals surface area contributed by atoms with Gasteiger partial charge in [-0.05, 0) is 38.0 Å². The number of hydrogen-bond donors (Lipinski definition) is 1. The van der Waals surface area contributed by atoms with Gasteiger partial charge in [0, 0.05) is 5.69 Å². The number of nitrogen functional groups attached to an aromatic ring is 1. The molecule has 0 aliphatic carbocycles. The fraction of sp³-hybridized carbons (Fsp3) is 0.417. The molecule has 82 valence electrons. The van der Waals surface area contributed by atoms with Crippen LogP contribution in [-0.2, 0) is 6.42 Å². The van der Waals surface area contributed by atoms with Crippen molar-refractivity contribution >= 4 is 11.5 Å². The molecule has 15 heavy (non-hydrogen) atoms. The van der Waals surface area contributed by atoms with E-state index in [1.54, 1.807) is 12.1 Å². The lowest BCUT2D eigenvalue weighted by Gasteiger charge is -2.13. The largest absolute Gasteiger partial charge is 0.493 e. The standard InChI is InChI=1S/C12H17NO2/c1-4-9-10(13)6-7-11(15-5-2)12(9)8(3)14/h6-7H,4-5,13H2,1-3H3. The Hall–Kier alpha value is -1.51. The fourth-order valence-electron chi connectivity index (χ4n) is 1.69. The molecular weight excluding hydrogens is 190 g/mol. The van der Waals surface area contributed by atoms with E-state index in [-0.39, 0.29) is 5.78 Å². The molecule has 0 radical (unpaired) electrons. The number of hydrogen-bond acceptors (Lipinski definition) is 3. The molecular formula is C12H17NO2. The maximum Gasteiger partial charge on any atom is 0.163 e. The highest BCUT2D eigenvalue weighted by Crippen LogP contribution is 2.28. The van der Waals surface area contributed by atoms with Crippen molar-refractivity contribution in [1.29, 1.82) is 0 Å². The molecule has 2 N–H and O–H groups in total. The summed E-state index contributed by atoms with van der Waals surface area (Å²) < 4.78 is 5.42. The minimum atomic E-state index is 0.00241. The molecule has 0 saturated heterocycles. The van der Waals surface area contributed by atoms with Crippen LogP contribution in [0.5, 0.6) is 5.75 Å². The van der Waals surface area contributed by atoms with Gasteiger partial charge in [0.15, 0.2) is 5.78 Å². The van der Waals surface area contributed by atoms with Crippen molar-refractivity contribution < 1.29 is 9.53 Å². The molecule has 0 saturated carbocycles. The summed E-state index contributed by atoms with van der Waals surface area (Å²) in [5.41, 5.74) is 7.99. The normalized spacial score (nSPS) is 10.1. The number of nitrogens with two attached hydrogens (primary N) is 1. The number of carbonyl (C=O) groups excluding carboxylic acids is 1. The van der Waals surface area contributed by atoms with E-state index in [1.807, 2.05) is 13.8 Å². The molecule has 3 heteroatoms. The summed E-state index contributed by atoms with van der Waals surface area (Å²) in [6, 6.07) is 3.55. The number of ether oxygens (including phenoxy) is 1. The number of carbonyl (C=O) groups is 1. The molecule has 0 aromatic heterocycles. The Morgan fingerprint density at radius 3 is 2.53 bits per heavy atom. The summed E-state index contributed by atoms with van der Waals surface area (Å²) >= 11 is 0. The first-order chi connectivity index (χ1) is 7.11. The van der Waals surface area contributed by atoms with Crippen LogP contribution in [0.15, 0.2) is 12.1 Å². The zero-order valence-corrected chi connectivity index (χ0v) is 9.46. The molecule has 0 spiro atoms. The van der Waals surface area contributed by atoms with E-state index in [4.69, 9.17) is 10.5 Å². The van der Waals surface area contributed by atoms with E-state index in [0.29, 0.717) is 23.6 Å². The molecule has 0 heterocycles. The number of benzene rings is 1. The highest BCUT2D eigenvalue weighted by atomic mass is 16.5. The van der Waals surface area contributed by atoms with Gasteiger partial charge in [-0.25, -0.2) is 0 Å². The van der Waals surface area contributed by atoms with Gasteiger partial charge < -0.3 is 10.5 Å². The second-order valence-electron chi connectivity index (χ2n) is 3.35. The highest BCUT2D eigenvalue weighted by molar-refractivity contribution is 5.99. The molecule has 1 aromatic rings. The quantitative estimate of drug-likeness (QED) is 0.609.